The number of nitro groups is 1. The van der Waals surface area contributed by atoms with E-state index in [0.717, 1.165) is 23.8 Å². The Bertz CT molecular complexity index is 1030. The predicted octanol–water partition coefficient (Wildman–Crippen LogP) is 4.81. The molecule has 2 aromatic carbocycles. The molecule has 1 heterocycles. The molecular formula is C19H13F2N3O3S. The summed E-state index contributed by atoms with van der Waals surface area (Å²) in [7, 11) is 0. The quantitative estimate of drug-likeness (QED) is 0.364. The number of nitrogens with zero attached hydrogens (tertiary/aromatic N) is 2. The number of nitro benzene ring substituents is 1. The molecule has 0 aliphatic heterocycles. The van der Waals surface area contributed by atoms with Gasteiger partial charge in [-0.1, -0.05) is 12.1 Å². The highest BCUT2D eigenvalue weighted by atomic mass is 32.2. The Kier molecular flexibility index (Phi) is 5.95. The van der Waals surface area contributed by atoms with Crippen LogP contribution in [0.1, 0.15) is 15.9 Å². The minimum Gasteiger partial charge on any atom is -0.319 e. The molecule has 0 bridgehead atoms. The van der Waals surface area contributed by atoms with Crippen molar-refractivity contribution >= 4 is 29.0 Å². The van der Waals surface area contributed by atoms with E-state index in [-0.39, 0.29) is 22.8 Å². The molecule has 0 saturated heterocycles. The van der Waals surface area contributed by atoms with Gasteiger partial charge in [0.15, 0.2) is 0 Å². The number of carbonyl (C=O) groups excluding carboxylic acids is 1. The first-order chi connectivity index (χ1) is 13.4. The fourth-order valence-electron chi connectivity index (χ4n) is 2.32. The van der Waals surface area contributed by atoms with Crippen LogP contribution in [-0.4, -0.2) is 15.8 Å². The SMILES string of the molecule is O=C(Nc1cc([N+](=O)[O-])ccc1F)c1cccnc1SCc1ccc(F)cc1. The zero-order valence-corrected chi connectivity index (χ0v) is 15.1. The lowest BCUT2D eigenvalue weighted by Crippen LogP contribution is -2.14. The monoisotopic (exact) mass is 401 g/mol. The molecule has 9 heteroatoms. The van der Waals surface area contributed by atoms with Crippen molar-refractivity contribution < 1.29 is 18.5 Å². The van der Waals surface area contributed by atoms with Crippen LogP contribution in [0.2, 0.25) is 0 Å². The molecule has 0 radical (unpaired) electrons. The standard InChI is InChI=1S/C19H13F2N3O3S/c20-13-5-3-12(4-6-13)11-28-19-15(2-1-9-22-19)18(25)23-17-10-14(24(26)27)7-8-16(17)21/h1-10H,11H2,(H,23,25). The first-order valence-electron chi connectivity index (χ1n) is 8.01. The predicted molar refractivity (Wildman–Crippen MR) is 101 cm³/mol. The van der Waals surface area contributed by atoms with E-state index in [0.29, 0.717) is 10.8 Å². The lowest BCUT2D eigenvalue weighted by molar-refractivity contribution is -0.384. The minimum atomic E-state index is -0.789. The first-order valence-corrected chi connectivity index (χ1v) is 9.00. The highest BCUT2D eigenvalue weighted by Crippen LogP contribution is 2.26. The van der Waals surface area contributed by atoms with Crippen LogP contribution in [0, 0.1) is 21.7 Å². The number of pyridine rings is 1. The van der Waals surface area contributed by atoms with Crippen LogP contribution >= 0.6 is 11.8 Å². The average molecular weight is 401 g/mol. The summed E-state index contributed by atoms with van der Waals surface area (Å²) < 4.78 is 26.9. The molecule has 142 valence electrons. The minimum absolute atomic E-state index is 0.195. The van der Waals surface area contributed by atoms with Gasteiger partial charge in [0.05, 0.1) is 16.2 Å². The molecule has 1 N–H and O–H groups in total. The number of hydrogen-bond donors (Lipinski definition) is 1. The van der Waals surface area contributed by atoms with E-state index < -0.39 is 16.6 Å². The van der Waals surface area contributed by atoms with Crippen LogP contribution in [0.5, 0.6) is 0 Å². The van der Waals surface area contributed by atoms with Gasteiger partial charge in [-0.3, -0.25) is 14.9 Å². The summed E-state index contributed by atoms with van der Waals surface area (Å²) in [5, 5.41) is 13.6. The summed E-state index contributed by atoms with van der Waals surface area (Å²) in [5.41, 5.74) is 0.403. The molecule has 1 amide bonds. The summed E-state index contributed by atoms with van der Waals surface area (Å²) in [6, 6.07) is 11.9. The fourth-order valence-corrected chi connectivity index (χ4v) is 3.27. The van der Waals surface area contributed by atoms with Gasteiger partial charge in [-0.25, -0.2) is 13.8 Å². The van der Waals surface area contributed by atoms with Crippen molar-refractivity contribution in [2.24, 2.45) is 0 Å². The molecule has 0 spiro atoms. The summed E-state index contributed by atoms with van der Waals surface area (Å²) in [6.07, 6.45) is 1.51. The van der Waals surface area contributed by atoms with E-state index in [1.54, 1.807) is 18.2 Å². The number of anilines is 1. The summed E-state index contributed by atoms with van der Waals surface area (Å²) in [6.45, 7) is 0. The Morgan fingerprint density at radius 3 is 2.61 bits per heavy atom. The molecule has 1 aromatic heterocycles. The Morgan fingerprint density at radius 1 is 1.14 bits per heavy atom. The lowest BCUT2D eigenvalue weighted by atomic mass is 10.2. The highest BCUT2D eigenvalue weighted by Gasteiger charge is 2.17. The normalized spacial score (nSPS) is 10.5. The fraction of sp³-hybridized carbons (Fsp3) is 0.0526. The third kappa shape index (κ3) is 4.68. The second-order valence-electron chi connectivity index (χ2n) is 5.65. The zero-order valence-electron chi connectivity index (χ0n) is 14.3. The maximum absolute atomic E-state index is 13.9. The lowest BCUT2D eigenvalue weighted by Gasteiger charge is -2.10. The zero-order chi connectivity index (χ0) is 20.1. The topological polar surface area (TPSA) is 85.1 Å². The molecule has 0 saturated carbocycles. The van der Waals surface area contributed by atoms with Crippen LogP contribution in [0.25, 0.3) is 0 Å². The Balaban J connectivity index is 1.78. The Hall–Kier alpha value is -3.33. The van der Waals surface area contributed by atoms with E-state index in [9.17, 15) is 23.7 Å². The molecule has 0 fully saturated rings. The van der Waals surface area contributed by atoms with E-state index in [2.05, 4.69) is 10.3 Å². The summed E-state index contributed by atoms with van der Waals surface area (Å²) >= 11 is 1.26. The number of nitrogens with one attached hydrogen (secondary N) is 1. The van der Waals surface area contributed by atoms with Gasteiger partial charge >= 0.3 is 0 Å². The molecule has 0 atom stereocenters. The first kappa shape index (κ1) is 19.4. The molecule has 3 rings (SSSR count). The van der Waals surface area contributed by atoms with E-state index in [1.165, 1.54) is 36.2 Å². The maximum Gasteiger partial charge on any atom is 0.271 e. The molecule has 0 aliphatic rings. The van der Waals surface area contributed by atoms with Gasteiger partial charge < -0.3 is 5.32 Å². The van der Waals surface area contributed by atoms with Crippen molar-refractivity contribution in [3.8, 4) is 0 Å². The van der Waals surface area contributed by atoms with Gasteiger partial charge in [-0.2, -0.15) is 0 Å². The number of hydrogen-bond acceptors (Lipinski definition) is 5. The summed E-state index contributed by atoms with van der Waals surface area (Å²) in [4.78, 5) is 26.9. The molecule has 3 aromatic rings. The number of carbonyl (C=O) groups is 1. The number of non-ortho nitro benzene ring substituents is 1. The van der Waals surface area contributed by atoms with Crippen LogP contribution in [0.3, 0.4) is 0 Å². The van der Waals surface area contributed by atoms with Crippen molar-refractivity contribution in [3.63, 3.8) is 0 Å². The number of halogens is 2. The van der Waals surface area contributed by atoms with Crippen LogP contribution in [-0.2, 0) is 5.75 Å². The molecule has 28 heavy (non-hydrogen) atoms. The van der Waals surface area contributed by atoms with Crippen LogP contribution in [0.15, 0.2) is 65.8 Å². The number of rotatable bonds is 6. The van der Waals surface area contributed by atoms with Gasteiger partial charge in [0.25, 0.3) is 11.6 Å². The Labute approximate surface area is 162 Å². The van der Waals surface area contributed by atoms with Gasteiger partial charge in [0.2, 0.25) is 0 Å². The Morgan fingerprint density at radius 2 is 1.89 bits per heavy atom. The van der Waals surface area contributed by atoms with Crippen molar-refractivity contribution in [2.45, 2.75) is 10.8 Å². The van der Waals surface area contributed by atoms with E-state index >= 15 is 0 Å². The third-order valence-corrected chi connectivity index (χ3v) is 4.79. The number of aromatic nitrogens is 1. The van der Waals surface area contributed by atoms with Gasteiger partial charge in [-0.05, 0) is 35.9 Å². The van der Waals surface area contributed by atoms with Crippen molar-refractivity contribution in [3.05, 3.63) is 93.7 Å². The third-order valence-electron chi connectivity index (χ3n) is 3.71. The van der Waals surface area contributed by atoms with Crippen LogP contribution in [0.4, 0.5) is 20.2 Å². The average Bonchev–Trinajstić information content (AvgIpc) is 2.69. The molecule has 0 unspecified atom stereocenters. The second kappa shape index (κ2) is 8.57. The van der Waals surface area contributed by atoms with Crippen molar-refractivity contribution in [1.82, 2.24) is 4.98 Å². The van der Waals surface area contributed by atoms with Crippen LogP contribution < -0.4 is 5.32 Å². The number of amides is 1. The molecule has 0 aliphatic carbocycles. The maximum atomic E-state index is 13.9. The van der Waals surface area contributed by atoms with Crippen molar-refractivity contribution in [1.29, 1.82) is 0 Å². The molecular weight excluding hydrogens is 388 g/mol. The van der Waals surface area contributed by atoms with E-state index in [1.807, 2.05) is 0 Å². The smallest absolute Gasteiger partial charge is 0.271 e. The van der Waals surface area contributed by atoms with E-state index in [4.69, 9.17) is 0 Å². The largest absolute Gasteiger partial charge is 0.319 e. The van der Waals surface area contributed by atoms with Gasteiger partial charge in [0, 0.05) is 24.1 Å². The van der Waals surface area contributed by atoms with Gasteiger partial charge in [0.1, 0.15) is 16.7 Å². The van der Waals surface area contributed by atoms with Crippen molar-refractivity contribution in [2.75, 3.05) is 5.32 Å². The number of thioether (sulfide) groups is 1. The molecule has 6 nitrogen and oxygen atoms in total. The summed E-state index contributed by atoms with van der Waals surface area (Å²) in [5.74, 6) is -1.33. The second-order valence-corrected chi connectivity index (χ2v) is 6.61. The highest BCUT2D eigenvalue weighted by molar-refractivity contribution is 7.98. The number of benzene rings is 2. The van der Waals surface area contributed by atoms with Gasteiger partial charge in [-0.15, -0.1) is 11.8 Å².